The van der Waals surface area contributed by atoms with E-state index in [0.717, 1.165) is 0 Å². The Balaban J connectivity index is 2.61. The van der Waals surface area contributed by atoms with E-state index in [9.17, 15) is 19.1 Å². The lowest BCUT2D eigenvalue weighted by molar-refractivity contribution is -0.133. The zero-order valence-corrected chi connectivity index (χ0v) is 14.2. The van der Waals surface area contributed by atoms with Gasteiger partial charge in [-0.25, -0.2) is 4.39 Å². The van der Waals surface area contributed by atoms with Crippen molar-refractivity contribution in [3.8, 4) is 0 Å². The highest BCUT2D eigenvalue weighted by molar-refractivity contribution is 5.89. The SMILES string of the molecule is CC(NC(=O)C(C)(C)C)C(=O)NC(C)C(O)c1ccc(F)cc1. The predicted octanol–water partition coefficient (Wildman–Crippen LogP) is 1.91. The number of hydrogen-bond acceptors (Lipinski definition) is 3. The van der Waals surface area contributed by atoms with Crippen LogP contribution in [0, 0.1) is 11.2 Å². The maximum Gasteiger partial charge on any atom is 0.242 e. The average molecular weight is 324 g/mol. The van der Waals surface area contributed by atoms with Crippen molar-refractivity contribution in [1.29, 1.82) is 0 Å². The van der Waals surface area contributed by atoms with E-state index in [1.54, 1.807) is 34.6 Å². The van der Waals surface area contributed by atoms with E-state index in [1.165, 1.54) is 24.3 Å². The van der Waals surface area contributed by atoms with Crippen molar-refractivity contribution in [3.05, 3.63) is 35.6 Å². The molecule has 0 aliphatic heterocycles. The standard InChI is InChI=1S/C17H25FN2O3/c1-10(14(21)12-6-8-13(18)9-7-12)19-15(22)11(2)20-16(23)17(3,4)5/h6-11,14,21H,1-5H3,(H,19,22)(H,20,23). The quantitative estimate of drug-likeness (QED) is 0.774. The van der Waals surface area contributed by atoms with Crippen molar-refractivity contribution in [2.45, 2.75) is 52.8 Å². The molecule has 0 heterocycles. The molecule has 23 heavy (non-hydrogen) atoms. The van der Waals surface area contributed by atoms with Crippen LogP contribution in [0.1, 0.15) is 46.3 Å². The monoisotopic (exact) mass is 324 g/mol. The minimum atomic E-state index is -0.968. The number of carbonyl (C=O) groups is 2. The summed E-state index contributed by atoms with van der Waals surface area (Å²) in [6, 6.07) is 4.13. The number of aliphatic hydroxyl groups is 1. The van der Waals surface area contributed by atoms with Crippen molar-refractivity contribution in [1.82, 2.24) is 10.6 Å². The van der Waals surface area contributed by atoms with E-state index in [-0.39, 0.29) is 5.91 Å². The van der Waals surface area contributed by atoms with Crippen LogP contribution in [0.2, 0.25) is 0 Å². The molecule has 128 valence electrons. The van der Waals surface area contributed by atoms with Gasteiger partial charge in [0.1, 0.15) is 11.9 Å². The van der Waals surface area contributed by atoms with Gasteiger partial charge < -0.3 is 15.7 Å². The molecule has 2 amide bonds. The zero-order chi connectivity index (χ0) is 17.8. The summed E-state index contributed by atoms with van der Waals surface area (Å²) in [5.74, 6) is -1.01. The van der Waals surface area contributed by atoms with Gasteiger partial charge in [0.2, 0.25) is 11.8 Å². The maximum absolute atomic E-state index is 12.9. The summed E-state index contributed by atoms with van der Waals surface area (Å²) >= 11 is 0. The van der Waals surface area contributed by atoms with Crippen LogP contribution < -0.4 is 10.6 Å². The van der Waals surface area contributed by atoms with Crippen molar-refractivity contribution in [2.24, 2.45) is 5.41 Å². The number of nitrogens with one attached hydrogen (secondary N) is 2. The number of rotatable bonds is 5. The number of amides is 2. The summed E-state index contributed by atoms with van der Waals surface area (Å²) in [6.07, 6.45) is -0.968. The Bertz CT molecular complexity index is 552. The Morgan fingerprint density at radius 1 is 1.09 bits per heavy atom. The summed E-state index contributed by atoms with van der Waals surface area (Å²) in [5, 5.41) is 15.5. The largest absolute Gasteiger partial charge is 0.386 e. The molecule has 3 atom stereocenters. The zero-order valence-electron chi connectivity index (χ0n) is 14.2. The molecule has 3 N–H and O–H groups in total. The molecule has 1 aromatic rings. The van der Waals surface area contributed by atoms with Gasteiger partial charge >= 0.3 is 0 Å². The number of halogens is 1. The maximum atomic E-state index is 12.9. The minimum Gasteiger partial charge on any atom is -0.386 e. The van der Waals surface area contributed by atoms with Gasteiger partial charge in [-0.15, -0.1) is 0 Å². The molecule has 0 saturated heterocycles. The fourth-order valence-electron chi connectivity index (χ4n) is 1.86. The Hall–Kier alpha value is -1.95. The summed E-state index contributed by atoms with van der Waals surface area (Å²) in [5.41, 5.74) is -0.0843. The van der Waals surface area contributed by atoms with Gasteiger partial charge in [-0.05, 0) is 31.5 Å². The summed E-state index contributed by atoms with van der Waals surface area (Å²) in [7, 11) is 0. The molecule has 5 nitrogen and oxygen atoms in total. The predicted molar refractivity (Wildman–Crippen MR) is 86.0 cm³/mol. The number of benzene rings is 1. The molecular weight excluding hydrogens is 299 g/mol. The molecule has 1 aromatic carbocycles. The molecule has 0 aliphatic carbocycles. The van der Waals surface area contributed by atoms with E-state index >= 15 is 0 Å². The Labute approximate surface area is 136 Å². The molecule has 0 spiro atoms. The lowest BCUT2D eigenvalue weighted by atomic mass is 9.95. The molecule has 0 bridgehead atoms. The molecule has 0 saturated carbocycles. The van der Waals surface area contributed by atoms with E-state index in [4.69, 9.17) is 0 Å². The van der Waals surface area contributed by atoms with Crippen molar-refractivity contribution in [3.63, 3.8) is 0 Å². The second-order valence-corrected chi connectivity index (χ2v) is 6.74. The molecular formula is C17H25FN2O3. The van der Waals surface area contributed by atoms with E-state index in [1.807, 2.05) is 0 Å². The first-order chi connectivity index (χ1) is 10.5. The highest BCUT2D eigenvalue weighted by Crippen LogP contribution is 2.17. The first-order valence-electron chi connectivity index (χ1n) is 7.57. The third kappa shape index (κ3) is 5.63. The molecule has 0 aliphatic rings. The van der Waals surface area contributed by atoms with E-state index in [0.29, 0.717) is 5.56 Å². The van der Waals surface area contributed by atoms with Gasteiger partial charge in [0.05, 0.1) is 12.1 Å². The average Bonchev–Trinajstić information content (AvgIpc) is 2.45. The molecule has 6 heteroatoms. The third-order valence-electron chi connectivity index (χ3n) is 3.48. The van der Waals surface area contributed by atoms with Crippen LogP contribution in [-0.4, -0.2) is 29.0 Å². The second-order valence-electron chi connectivity index (χ2n) is 6.74. The van der Waals surface area contributed by atoms with Gasteiger partial charge in [0.15, 0.2) is 0 Å². The fourth-order valence-corrected chi connectivity index (χ4v) is 1.86. The second kappa shape index (κ2) is 7.55. The lowest BCUT2D eigenvalue weighted by Gasteiger charge is -2.25. The normalized spacial score (nSPS) is 15.4. The van der Waals surface area contributed by atoms with Gasteiger partial charge in [-0.1, -0.05) is 32.9 Å². The summed E-state index contributed by atoms with van der Waals surface area (Å²) < 4.78 is 12.9. The lowest BCUT2D eigenvalue weighted by Crippen LogP contribution is -2.51. The van der Waals surface area contributed by atoms with Crippen LogP contribution >= 0.6 is 0 Å². The van der Waals surface area contributed by atoms with Crippen molar-refractivity contribution >= 4 is 11.8 Å². The highest BCUT2D eigenvalue weighted by Gasteiger charge is 2.26. The van der Waals surface area contributed by atoms with Gasteiger partial charge in [0.25, 0.3) is 0 Å². The van der Waals surface area contributed by atoms with Crippen molar-refractivity contribution in [2.75, 3.05) is 0 Å². The molecule has 0 fully saturated rings. The Morgan fingerprint density at radius 3 is 2.09 bits per heavy atom. The third-order valence-corrected chi connectivity index (χ3v) is 3.48. The topological polar surface area (TPSA) is 78.4 Å². The summed E-state index contributed by atoms with van der Waals surface area (Å²) in [6.45, 7) is 8.50. The Morgan fingerprint density at radius 2 is 1.61 bits per heavy atom. The van der Waals surface area contributed by atoms with Crippen LogP contribution in [-0.2, 0) is 9.59 Å². The van der Waals surface area contributed by atoms with Crippen molar-refractivity contribution < 1.29 is 19.1 Å². The van der Waals surface area contributed by atoms with E-state index in [2.05, 4.69) is 10.6 Å². The molecule has 0 radical (unpaired) electrons. The van der Waals surface area contributed by atoms with Gasteiger partial charge in [-0.3, -0.25) is 9.59 Å². The summed E-state index contributed by atoms with van der Waals surface area (Å²) in [4.78, 5) is 24.0. The molecule has 3 unspecified atom stereocenters. The first-order valence-corrected chi connectivity index (χ1v) is 7.57. The minimum absolute atomic E-state index is 0.230. The molecule has 0 aromatic heterocycles. The van der Waals surface area contributed by atoms with Crippen LogP contribution in [0.5, 0.6) is 0 Å². The smallest absolute Gasteiger partial charge is 0.242 e. The Kier molecular flexibility index (Phi) is 6.27. The first kappa shape index (κ1) is 19.1. The van der Waals surface area contributed by atoms with Gasteiger partial charge in [-0.2, -0.15) is 0 Å². The van der Waals surface area contributed by atoms with Crippen LogP contribution in [0.3, 0.4) is 0 Å². The number of hydrogen-bond donors (Lipinski definition) is 3. The van der Waals surface area contributed by atoms with Crippen LogP contribution in [0.25, 0.3) is 0 Å². The number of carbonyl (C=O) groups excluding carboxylic acids is 2. The van der Waals surface area contributed by atoms with Crippen LogP contribution in [0.4, 0.5) is 4.39 Å². The van der Waals surface area contributed by atoms with E-state index < -0.39 is 35.3 Å². The van der Waals surface area contributed by atoms with Crippen LogP contribution in [0.15, 0.2) is 24.3 Å². The fraction of sp³-hybridized carbons (Fsp3) is 0.529. The highest BCUT2D eigenvalue weighted by atomic mass is 19.1. The van der Waals surface area contributed by atoms with Gasteiger partial charge in [0, 0.05) is 5.41 Å². The number of aliphatic hydroxyl groups excluding tert-OH is 1. The molecule has 1 rings (SSSR count).